The van der Waals surface area contributed by atoms with Gasteiger partial charge >= 0.3 is 0 Å². The van der Waals surface area contributed by atoms with Crippen molar-refractivity contribution in [3.63, 3.8) is 0 Å². The van der Waals surface area contributed by atoms with Crippen LogP contribution in [0, 0.1) is 0 Å². The third-order valence-electron chi connectivity index (χ3n) is 2.72. The van der Waals surface area contributed by atoms with Crippen LogP contribution < -0.4 is 0 Å². The zero-order valence-corrected chi connectivity index (χ0v) is 12.9. The second-order valence-corrected chi connectivity index (χ2v) is 5.46. The Morgan fingerprint density at radius 1 is 1.47 bits per heavy atom. The third-order valence-corrected chi connectivity index (χ3v) is 3.58. The van der Waals surface area contributed by atoms with E-state index in [1.54, 1.807) is 29.0 Å². The minimum atomic E-state index is -0.0483. The molecule has 2 heterocycles. The van der Waals surface area contributed by atoms with E-state index in [9.17, 15) is 4.79 Å². The summed E-state index contributed by atoms with van der Waals surface area (Å²) >= 11 is 9.16. The summed E-state index contributed by atoms with van der Waals surface area (Å²) in [7, 11) is 3.58. The standard InChI is InChI=1S/C11H13BrClN5O/c1-16(6-10-9(12)4-14-17(10)2)11(19)7-18-5-8(13)3-15-18/h3-5H,6-7H2,1-2H3. The first-order chi connectivity index (χ1) is 8.97. The van der Waals surface area contributed by atoms with Crippen molar-refractivity contribution in [1.82, 2.24) is 24.5 Å². The number of carbonyl (C=O) groups excluding carboxylic acids is 1. The minimum absolute atomic E-state index is 0.0483. The minimum Gasteiger partial charge on any atom is -0.338 e. The maximum absolute atomic E-state index is 12.0. The van der Waals surface area contributed by atoms with E-state index in [1.807, 2.05) is 7.05 Å². The first kappa shape index (κ1) is 14.1. The molecule has 0 aliphatic heterocycles. The van der Waals surface area contributed by atoms with Crippen molar-refractivity contribution >= 4 is 33.4 Å². The highest BCUT2D eigenvalue weighted by atomic mass is 79.9. The lowest BCUT2D eigenvalue weighted by Crippen LogP contribution is -2.30. The molecular formula is C11H13BrClN5O. The van der Waals surface area contributed by atoms with Crippen LogP contribution in [0.4, 0.5) is 0 Å². The molecule has 6 nitrogen and oxygen atoms in total. The maximum atomic E-state index is 12.0. The largest absolute Gasteiger partial charge is 0.338 e. The van der Waals surface area contributed by atoms with Crippen molar-refractivity contribution in [3.05, 3.63) is 33.8 Å². The van der Waals surface area contributed by atoms with E-state index in [0.29, 0.717) is 11.6 Å². The number of aryl methyl sites for hydroxylation is 1. The van der Waals surface area contributed by atoms with E-state index in [-0.39, 0.29) is 12.5 Å². The van der Waals surface area contributed by atoms with E-state index in [0.717, 1.165) is 10.2 Å². The Morgan fingerprint density at radius 2 is 2.21 bits per heavy atom. The number of aromatic nitrogens is 4. The predicted molar refractivity (Wildman–Crippen MR) is 74.6 cm³/mol. The van der Waals surface area contributed by atoms with Crippen LogP contribution in [0.2, 0.25) is 5.02 Å². The number of carbonyl (C=O) groups is 1. The van der Waals surface area contributed by atoms with Gasteiger partial charge in [-0.05, 0) is 15.9 Å². The molecule has 0 N–H and O–H groups in total. The molecule has 0 bridgehead atoms. The summed E-state index contributed by atoms with van der Waals surface area (Å²) in [6.45, 7) is 0.642. The van der Waals surface area contributed by atoms with Gasteiger partial charge in [0.1, 0.15) is 6.54 Å². The second-order valence-electron chi connectivity index (χ2n) is 4.17. The predicted octanol–water partition coefficient (Wildman–Crippen LogP) is 1.69. The first-order valence-corrected chi connectivity index (χ1v) is 6.72. The number of rotatable bonds is 4. The van der Waals surface area contributed by atoms with Gasteiger partial charge in [-0.3, -0.25) is 14.2 Å². The zero-order chi connectivity index (χ0) is 14.0. The molecule has 0 radical (unpaired) electrons. The molecule has 2 aromatic rings. The molecule has 0 saturated heterocycles. The van der Waals surface area contributed by atoms with E-state index >= 15 is 0 Å². The zero-order valence-electron chi connectivity index (χ0n) is 10.5. The Morgan fingerprint density at radius 3 is 2.74 bits per heavy atom. The van der Waals surface area contributed by atoms with Gasteiger partial charge in [-0.1, -0.05) is 11.6 Å². The summed E-state index contributed by atoms with van der Waals surface area (Å²) in [5.41, 5.74) is 0.939. The maximum Gasteiger partial charge on any atom is 0.244 e. The van der Waals surface area contributed by atoms with Crippen LogP contribution in [0.5, 0.6) is 0 Å². The van der Waals surface area contributed by atoms with Crippen LogP contribution >= 0.6 is 27.5 Å². The van der Waals surface area contributed by atoms with E-state index in [1.165, 1.54) is 10.9 Å². The number of hydrogen-bond donors (Lipinski definition) is 0. The molecule has 1 amide bonds. The number of hydrogen-bond acceptors (Lipinski definition) is 3. The highest BCUT2D eigenvalue weighted by Gasteiger charge is 2.14. The Bertz CT molecular complexity index is 574. The Balaban J connectivity index is 2.00. The molecule has 0 saturated carbocycles. The van der Waals surface area contributed by atoms with Crippen LogP contribution in [0.3, 0.4) is 0 Å². The lowest BCUT2D eigenvalue weighted by Gasteiger charge is -2.17. The van der Waals surface area contributed by atoms with Crippen molar-refractivity contribution in [2.75, 3.05) is 7.05 Å². The molecule has 0 aliphatic carbocycles. The van der Waals surface area contributed by atoms with Gasteiger partial charge in [0.05, 0.1) is 34.1 Å². The molecule has 0 fully saturated rings. The van der Waals surface area contributed by atoms with Crippen molar-refractivity contribution in [2.24, 2.45) is 7.05 Å². The molecule has 0 aliphatic rings. The van der Waals surface area contributed by atoms with E-state index in [2.05, 4.69) is 26.1 Å². The number of amides is 1. The SMILES string of the molecule is CN(Cc1c(Br)cnn1C)C(=O)Cn1cc(Cl)cn1. The van der Waals surface area contributed by atoms with Gasteiger partial charge in [-0.2, -0.15) is 10.2 Å². The average Bonchev–Trinajstić information content (AvgIpc) is 2.89. The summed E-state index contributed by atoms with van der Waals surface area (Å²) in [6, 6.07) is 0. The highest BCUT2D eigenvalue weighted by molar-refractivity contribution is 9.10. The first-order valence-electron chi connectivity index (χ1n) is 5.55. The lowest BCUT2D eigenvalue weighted by atomic mass is 10.4. The van der Waals surface area contributed by atoms with Crippen molar-refractivity contribution < 1.29 is 4.79 Å². The Labute approximate surface area is 124 Å². The quantitative estimate of drug-likeness (QED) is 0.846. The fourth-order valence-corrected chi connectivity index (χ4v) is 2.24. The molecule has 0 unspecified atom stereocenters. The number of halogens is 2. The molecule has 8 heteroatoms. The van der Waals surface area contributed by atoms with Crippen LogP contribution in [0.25, 0.3) is 0 Å². The fraction of sp³-hybridized carbons (Fsp3) is 0.364. The number of nitrogens with zero attached hydrogens (tertiary/aromatic N) is 5. The molecule has 19 heavy (non-hydrogen) atoms. The van der Waals surface area contributed by atoms with E-state index < -0.39 is 0 Å². The smallest absolute Gasteiger partial charge is 0.244 e. The van der Waals surface area contributed by atoms with Crippen LogP contribution in [-0.2, 0) is 24.9 Å². The summed E-state index contributed by atoms with van der Waals surface area (Å²) in [5.74, 6) is -0.0483. The summed E-state index contributed by atoms with van der Waals surface area (Å²) in [6.07, 6.45) is 4.83. The van der Waals surface area contributed by atoms with Gasteiger partial charge in [0, 0.05) is 20.3 Å². The summed E-state index contributed by atoms with van der Waals surface area (Å²) in [4.78, 5) is 13.7. The second kappa shape index (κ2) is 5.75. The van der Waals surface area contributed by atoms with Crippen LogP contribution in [0.1, 0.15) is 5.69 Å². The Kier molecular flexibility index (Phi) is 4.26. The van der Waals surface area contributed by atoms with Crippen molar-refractivity contribution in [3.8, 4) is 0 Å². The average molecular weight is 347 g/mol. The normalized spacial score (nSPS) is 10.7. The van der Waals surface area contributed by atoms with Gasteiger partial charge in [0.15, 0.2) is 0 Å². The van der Waals surface area contributed by atoms with Crippen LogP contribution in [0.15, 0.2) is 23.1 Å². The van der Waals surface area contributed by atoms with Gasteiger partial charge in [0.25, 0.3) is 0 Å². The van der Waals surface area contributed by atoms with Gasteiger partial charge in [-0.25, -0.2) is 0 Å². The molecule has 2 rings (SSSR count). The molecule has 0 aromatic carbocycles. The summed E-state index contributed by atoms with van der Waals surface area (Å²) < 4.78 is 4.13. The van der Waals surface area contributed by atoms with Gasteiger partial charge in [0.2, 0.25) is 5.91 Å². The summed E-state index contributed by atoms with van der Waals surface area (Å²) in [5, 5.41) is 8.61. The molecule has 102 valence electrons. The highest BCUT2D eigenvalue weighted by Crippen LogP contribution is 2.16. The third kappa shape index (κ3) is 3.36. The number of likely N-dealkylation sites (N-methyl/N-ethyl adjacent to an activating group) is 1. The lowest BCUT2D eigenvalue weighted by molar-refractivity contribution is -0.131. The van der Waals surface area contributed by atoms with Gasteiger partial charge in [-0.15, -0.1) is 0 Å². The fourth-order valence-electron chi connectivity index (χ4n) is 1.61. The van der Waals surface area contributed by atoms with E-state index in [4.69, 9.17) is 11.6 Å². The van der Waals surface area contributed by atoms with Gasteiger partial charge < -0.3 is 4.90 Å². The monoisotopic (exact) mass is 345 g/mol. The van der Waals surface area contributed by atoms with Crippen molar-refractivity contribution in [1.29, 1.82) is 0 Å². The Hall–Kier alpha value is -1.34. The molecular weight excluding hydrogens is 334 g/mol. The topological polar surface area (TPSA) is 56.0 Å². The molecule has 0 spiro atoms. The molecule has 0 atom stereocenters. The van der Waals surface area contributed by atoms with Crippen molar-refractivity contribution in [2.45, 2.75) is 13.1 Å². The van der Waals surface area contributed by atoms with Crippen LogP contribution in [-0.4, -0.2) is 37.4 Å². The molecule has 2 aromatic heterocycles.